The monoisotopic (exact) mass is 457 g/mol. The Labute approximate surface area is 198 Å². The highest BCUT2D eigenvalue weighted by Gasteiger charge is 2.12. The first-order chi connectivity index (χ1) is 16.0. The molecule has 0 saturated carbocycles. The highest BCUT2D eigenvalue weighted by atomic mass is 32.2. The third kappa shape index (κ3) is 5.84. The van der Waals surface area contributed by atoms with Crippen LogP contribution in [0.15, 0.2) is 83.9 Å². The Balaban J connectivity index is 1.38. The molecule has 33 heavy (non-hydrogen) atoms. The molecule has 0 radical (unpaired) electrons. The molecule has 0 aliphatic rings. The quantitative estimate of drug-likeness (QED) is 0.347. The van der Waals surface area contributed by atoms with Crippen molar-refractivity contribution in [3.63, 3.8) is 0 Å². The molecule has 168 valence electrons. The molecule has 0 spiro atoms. The van der Waals surface area contributed by atoms with Gasteiger partial charge in [-0.25, -0.2) is 0 Å². The number of aryl methyl sites for hydroxylation is 2. The summed E-state index contributed by atoms with van der Waals surface area (Å²) in [4.78, 5) is 25.9. The maximum absolute atomic E-state index is 12.5. The number of aromatic nitrogens is 1. The number of benzene rings is 3. The molecule has 0 saturated heterocycles. The zero-order valence-electron chi connectivity index (χ0n) is 18.8. The van der Waals surface area contributed by atoms with Crippen LogP contribution in [0.1, 0.15) is 21.5 Å². The number of para-hydroxylation sites is 1. The van der Waals surface area contributed by atoms with Crippen molar-refractivity contribution in [1.29, 1.82) is 0 Å². The van der Waals surface area contributed by atoms with Gasteiger partial charge in [0.25, 0.3) is 5.91 Å². The first kappa shape index (κ1) is 22.7. The summed E-state index contributed by atoms with van der Waals surface area (Å²) in [7, 11) is 0. The fourth-order valence-electron chi connectivity index (χ4n) is 3.67. The maximum atomic E-state index is 12.5. The summed E-state index contributed by atoms with van der Waals surface area (Å²) in [5.41, 5.74) is 4.80. The summed E-state index contributed by atoms with van der Waals surface area (Å²) in [5.74, 6) is 0.216. The van der Waals surface area contributed by atoms with E-state index >= 15 is 0 Å². The predicted octanol–water partition coefficient (Wildman–Crippen LogP) is 5.42. The van der Waals surface area contributed by atoms with Gasteiger partial charge in [0, 0.05) is 46.3 Å². The SMILES string of the molecule is Cc1ccc(C(=O)NCCn2cc(SCC(=O)Nc3cccc(C)c3)c3ccccc32)cc1. The molecule has 5 nitrogen and oxygen atoms in total. The van der Waals surface area contributed by atoms with Crippen molar-refractivity contribution < 1.29 is 9.59 Å². The summed E-state index contributed by atoms with van der Waals surface area (Å²) < 4.78 is 2.13. The molecule has 0 unspecified atom stereocenters. The second-order valence-corrected chi connectivity index (χ2v) is 9.05. The number of rotatable bonds is 8. The lowest BCUT2D eigenvalue weighted by Crippen LogP contribution is -2.27. The summed E-state index contributed by atoms with van der Waals surface area (Å²) >= 11 is 1.52. The van der Waals surface area contributed by atoms with Gasteiger partial charge in [0.2, 0.25) is 5.91 Å². The number of hydrogen-bond donors (Lipinski definition) is 2. The molecule has 0 aliphatic carbocycles. The lowest BCUT2D eigenvalue weighted by atomic mass is 10.1. The summed E-state index contributed by atoms with van der Waals surface area (Å²) in [6.45, 7) is 5.17. The van der Waals surface area contributed by atoms with Crippen LogP contribution in [0.3, 0.4) is 0 Å². The topological polar surface area (TPSA) is 63.1 Å². The van der Waals surface area contributed by atoms with Gasteiger partial charge in [-0.15, -0.1) is 11.8 Å². The summed E-state index contributed by atoms with van der Waals surface area (Å²) in [6.07, 6.45) is 2.06. The van der Waals surface area contributed by atoms with Crippen LogP contribution < -0.4 is 10.6 Å². The Hall–Kier alpha value is -3.51. The Morgan fingerprint density at radius 3 is 2.48 bits per heavy atom. The smallest absolute Gasteiger partial charge is 0.251 e. The highest BCUT2D eigenvalue weighted by molar-refractivity contribution is 8.00. The van der Waals surface area contributed by atoms with Crippen LogP contribution in [0.25, 0.3) is 10.9 Å². The number of fused-ring (bicyclic) bond motifs is 1. The Morgan fingerprint density at radius 2 is 1.70 bits per heavy atom. The second-order valence-electron chi connectivity index (χ2n) is 8.03. The molecule has 1 aromatic heterocycles. The van der Waals surface area contributed by atoms with E-state index in [4.69, 9.17) is 0 Å². The molecule has 6 heteroatoms. The van der Waals surface area contributed by atoms with Gasteiger partial charge in [0.05, 0.1) is 5.75 Å². The van der Waals surface area contributed by atoms with Gasteiger partial charge in [0.1, 0.15) is 0 Å². The molecule has 0 aliphatic heterocycles. The van der Waals surface area contributed by atoms with Gasteiger partial charge in [0.15, 0.2) is 0 Å². The zero-order valence-corrected chi connectivity index (χ0v) is 19.6. The van der Waals surface area contributed by atoms with Crippen LogP contribution in [0, 0.1) is 13.8 Å². The van der Waals surface area contributed by atoms with Gasteiger partial charge < -0.3 is 15.2 Å². The van der Waals surface area contributed by atoms with E-state index in [1.807, 2.05) is 74.5 Å². The lowest BCUT2D eigenvalue weighted by Gasteiger charge is -2.08. The minimum atomic E-state index is -0.0751. The Bertz CT molecular complexity index is 1280. The van der Waals surface area contributed by atoms with E-state index in [9.17, 15) is 9.59 Å². The molecule has 3 aromatic carbocycles. The van der Waals surface area contributed by atoms with Gasteiger partial charge in [-0.3, -0.25) is 9.59 Å². The van der Waals surface area contributed by atoms with Gasteiger partial charge >= 0.3 is 0 Å². The van der Waals surface area contributed by atoms with Crippen molar-refractivity contribution in [3.05, 3.63) is 95.7 Å². The molecule has 4 aromatic rings. The Morgan fingerprint density at radius 1 is 0.909 bits per heavy atom. The standard InChI is InChI=1S/C27H27N3O2S/c1-19-10-12-21(13-11-19)27(32)28-14-15-30-17-25(23-8-3-4-9-24(23)30)33-18-26(31)29-22-7-5-6-20(2)16-22/h3-13,16-17H,14-15,18H2,1-2H3,(H,28,32)(H,29,31). The number of hydrogen-bond acceptors (Lipinski definition) is 3. The molecule has 0 atom stereocenters. The van der Waals surface area contributed by atoms with Crippen LogP contribution in [0.4, 0.5) is 5.69 Å². The predicted molar refractivity (Wildman–Crippen MR) is 136 cm³/mol. The fourth-order valence-corrected chi connectivity index (χ4v) is 4.56. The number of carbonyl (C=O) groups is 2. The normalized spacial score (nSPS) is 10.8. The van der Waals surface area contributed by atoms with E-state index in [0.717, 1.165) is 32.6 Å². The zero-order chi connectivity index (χ0) is 23.2. The summed E-state index contributed by atoms with van der Waals surface area (Å²) in [6, 6.07) is 23.5. The second kappa shape index (κ2) is 10.4. The maximum Gasteiger partial charge on any atom is 0.251 e. The van der Waals surface area contributed by atoms with Crippen LogP contribution in [0.5, 0.6) is 0 Å². The van der Waals surface area contributed by atoms with Crippen molar-refractivity contribution in [2.75, 3.05) is 17.6 Å². The molecule has 2 amide bonds. The number of nitrogens with one attached hydrogen (secondary N) is 2. The van der Waals surface area contributed by atoms with Gasteiger partial charge in [-0.2, -0.15) is 0 Å². The third-order valence-corrected chi connectivity index (χ3v) is 6.41. The third-order valence-electron chi connectivity index (χ3n) is 5.36. The van der Waals surface area contributed by atoms with Crippen molar-refractivity contribution in [1.82, 2.24) is 9.88 Å². The first-order valence-corrected chi connectivity index (χ1v) is 11.9. The van der Waals surface area contributed by atoms with Crippen LogP contribution >= 0.6 is 11.8 Å². The van der Waals surface area contributed by atoms with Crippen LogP contribution in [-0.4, -0.2) is 28.7 Å². The lowest BCUT2D eigenvalue weighted by molar-refractivity contribution is -0.113. The fraction of sp³-hybridized carbons (Fsp3) is 0.185. The van der Waals surface area contributed by atoms with Crippen molar-refractivity contribution in [3.8, 4) is 0 Å². The molecule has 4 rings (SSSR count). The number of thioether (sulfide) groups is 1. The van der Waals surface area contributed by atoms with Crippen molar-refractivity contribution >= 4 is 40.2 Å². The first-order valence-electron chi connectivity index (χ1n) is 10.9. The summed E-state index contributed by atoms with van der Waals surface area (Å²) in [5, 5.41) is 7.06. The Kier molecular flexibility index (Phi) is 7.15. The number of amides is 2. The van der Waals surface area contributed by atoms with E-state index in [0.29, 0.717) is 24.4 Å². The minimum Gasteiger partial charge on any atom is -0.350 e. The molecular weight excluding hydrogens is 430 g/mol. The van der Waals surface area contributed by atoms with E-state index in [2.05, 4.69) is 33.5 Å². The van der Waals surface area contributed by atoms with Gasteiger partial charge in [-0.1, -0.05) is 48.0 Å². The average molecular weight is 458 g/mol. The van der Waals surface area contributed by atoms with Crippen LogP contribution in [-0.2, 0) is 11.3 Å². The molecule has 0 fully saturated rings. The largest absolute Gasteiger partial charge is 0.350 e. The van der Waals surface area contributed by atoms with E-state index in [-0.39, 0.29) is 11.8 Å². The van der Waals surface area contributed by atoms with Gasteiger partial charge in [-0.05, 0) is 49.7 Å². The number of anilines is 1. The molecular formula is C27H27N3O2S. The highest BCUT2D eigenvalue weighted by Crippen LogP contribution is 2.30. The van der Waals surface area contributed by atoms with E-state index in [1.165, 1.54) is 11.8 Å². The molecule has 1 heterocycles. The molecule has 2 N–H and O–H groups in total. The minimum absolute atomic E-state index is 0.0345. The number of nitrogens with zero attached hydrogens (tertiary/aromatic N) is 1. The molecule has 0 bridgehead atoms. The van der Waals surface area contributed by atoms with Crippen LogP contribution in [0.2, 0.25) is 0 Å². The van der Waals surface area contributed by atoms with Crippen molar-refractivity contribution in [2.45, 2.75) is 25.3 Å². The van der Waals surface area contributed by atoms with E-state index in [1.54, 1.807) is 0 Å². The van der Waals surface area contributed by atoms with Crippen molar-refractivity contribution in [2.24, 2.45) is 0 Å². The van der Waals surface area contributed by atoms with E-state index < -0.39 is 0 Å². The number of carbonyl (C=O) groups excluding carboxylic acids is 2. The average Bonchev–Trinajstić information content (AvgIpc) is 3.16.